The fourth-order valence-electron chi connectivity index (χ4n) is 4.92. The third-order valence-corrected chi connectivity index (χ3v) is 7.15. The molecule has 13 nitrogen and oxygen atoms in total. The molecule has 0 amide bonds. The SMILES string of the molecule is CCC(CC)Nc1nc(N[C@H]2CC[C@H](N)CC2)nc2c1ncn2[C@@H]1O[C@H](c2nc(C)no2)[C@@H](O)[C@H]1O. The van der Waals surface area contributed by atoms with Crippen molar-refractivity contribution in [3.8, 4) is 0 Å². The highest BCUT2D eigenvalue weighted by Gasteiger charge is 2.47. The summed E-state index contributed by atoms with van der Waals surface area (Å²) in [5, 5.41) is 32.3. The summed E-state index contributed by atoms with van der Waals surface area (Å²) in [4.78, 5) is 18.2. The Labute approximate surface area is 208 Å². The highest BCUT2D eigenvalue weighted by atomic mass is 16.6. The summed E-state index contributed by atoms with van der Waals surface area (Å²) in [6.45, 7) is 5.91. The van der Waals surface area contributed by atoms with E-state index in [1.807, 2.05) is 0 Å². The second-order valence-electron chi connectivity index (χ2n) is 9.74. The minimum Gasteiger partial charge on any atom is -0.387 e. The molecule has 2 aliphatic rings. The number of anilines is 2. The van der Waals surface area contributed by atoms with E-state index in [-0.39, 0.29) is 24.0 Å². The first kappa shape index (κ1) is 24.8. The predicted octanol–water partition coefficient (Wildman–Crippen LogP) is 1.79. The zero-order valence-corrected chi connectivity index (χ0v) is 20.8. The molecular weight excluding hydrogens is 466 g/mol. The molecule has 1 aliphatic carbocycles. The Morgan fingerprint density at radius 3 is 2.53 bits per heavy atom. The highest BCUT2D eigenvalue weighted by Crippen LogP contribution is 2.39. The summed E-state index contributed by atoms with van der Waals surface area (Å²) in [6.07, 6.45) is 2.72. The van der Waals surface area contributed by atoms with Crippen LogP contribution in [0.5, 0.6) is 0 Å². The van der Waals surface area contributed by atoms with Crippen LogP contribution in [0.15, 0.2) is 10.9 Å². The van der Waals surface area contributed by atoms with Gasteiger partial charge >= 0.3 is 0 Å². The van der Waals surface area contributed by atoms with E-state index in [9.17, 15) is 10.2 Å². The Kier molecular flexibility index (Phi) is 7.06. The minimum atomic E-state index is -1.26. The Bertz CT molecular complexity index is 1170. The van der Waals surface area contributed by atoms with E-state index in [2.05, 4.69) is 39.6 Å². The number of nitrogens with one attached hydrogen (secondary N) is 2. The van der Waals surface area contributed by atoms with E-state index in [0.29, 0.717) is 28.8 Å². The number of hydrogen-bond donors (Lipinski definition) is 5. The fourth-order valence-corrected chi connectivity index (χ4v) is 4.92. The summed E-state index contributed by atoms with van der Waals surface area (Å²) in [5.41, 5.74) is 7.11. The van der Waals surface area contributed by atoms with Gasteiger partial charge < -0.3 is 35.8 Å². The van der Waals surface area contributed by atoms with Crippen LogP contribution in [0.1, 0.15) is 76.4 Å². The van der Waals surface area contributed by atoms with Crippen LogP contribution in [-0.4, -0.2) is 70.2 Å². The quantitative estimate of drug-likeness (QED) is 0.302. The van der Waals surface area contributed by atoms with Gasteiger partial charge in [0.2, 0.25) is 5.95 Å². The van der Waals surface area contributed by atoms with E-state index in [0.717, 1.165) is 38.5 Å². The Hall–Kier alpha value is -2.87. The molecule has 6 N–H and O–H groups in total. The molecule has 1 saturated heterocycles. The molecule has 1 saturated carbocycles. The van der Waals surface area contributed by atoms with Crippen LogP contribution in [0.4, 0.5) is 11.8 Å². The number of aliphatic hydroxyl groups is 2. The van der Waals surface area contributed by atoms with Gasteiger partial charge in [-0.1, -0.05) is 19.0 Å². The third-order valence-electron chi connectivity index (χ3n) is 7.15. The number of ether oxygens (including phenoxy) is 1. The van der Waals surface area contributed by atoms with Gasteiger partial charge in [0.25, 0.3) is 5.89 Å². The number of aliphatic hydroxyl groups excluding tert-OH is 2. The first-order valence-electron chi connectivity index (χ1n) is 12.7. The maximum atomic E-state index is 10.9. The van der Waals surface area contributed by atoms with Crippen molar-refractivity contribution in [3.05, 3.63) is 18.0 Å². The second-order valence-corrected chi connectivity index (χ2v) is 9.74. The lowest BCUT2D eigenvalue weighted by Crippen LogP contribution is -2.33. The number of hydrogen-bond acceptors (Lipinski definition) is 12. The van der Waals surface area contributed by atoms with Crippen LogP contribution in [0, 0.1) is 6.92 Å². The standard InChI is InChI=1S/C23H35N9O4/c1-4-13(5-2)27-19-15-20(30-23(29-19)28-14-8-6-12(24)7-9-14)32(10-25-15)22-17(34)16(33)18(35-22)21-26-11(3)31-36-21/h10,12-14,16-18,22,33-34H,4-9,24H2,1-3H3,(H2,27,28,29,30)/t12-,14-,16-,17+,18-,22+/m0/s1. The lowest BCUT2D eigenvalue weighted by molar-refractivity contribution is -0.0451. The third kappa shape index (κ3) is 4.75. The number of imidazole rings is 1. The number of nitrogens with zero attached hydrogens (tertiary/aromatic N) is 6. The zero-order valence-electron chi connectivity index (χ0n) is 20.8. The number of rotatable bonds is 8. The number of aromatic nitrogens is 6. The molecular formula is C23H35N9O4. The van der Waals surface area contributed by atoms with Crippen molar-refractivity contribution in [1.29, 1.82) is 0 Å². The molecule has 0 bridgehead atoms. The van der Waals surface area contributed by atoms with Crippen LogP contribution in [0.3, 0.4) is 0 Å². The molecule has 0 unspecified atom stereocenters. The molecule has 1 aliphatic heterocycles. The molecule has 5 rings (SSSR count). The second kappa shape index (κ2) is 10.2. The molecule has 2 fully saturated rings. The fraction of sp³-hybridized carbons (Fsp3) is 0.696. The summed E-state index contributed by atoms with van der Waals surface area (Å²) >= 11 is 0. The van der Waals surface area contributed by atoms with Gasteiger partial charge in [-0.15, -0.1) is 0 Å². The van der Waals surface area contributed by atoms with E-state index < -0.39 is 24.5 Å². The largest absolute Gasteiger partial charge is 0.387 e. The monoisotopic (exact) mass is 501 g/mol. The van der Waals surface area contributed by atoms with Gasteiger partial charge in [0, 0.05) is 18.1 Å². The Morgan fingerprint density at radius 2 is 1.86 bits per heavy atom. The van der Waals surface area contributed by atoms with Crippen LogP contribution in [0.2, 0.25) is 0 Å². The maximum Gasteiger partial charge on any atom is 0.258 e. The van der Waals surface area contributed by atoms with Crippen molar-refractivity contribution in [2.75, 3.05) is 10.6 Å². The molecule has 196 valence electrons. The maximum absolute atomic E-state index is 10.9. The Morgan fingerprint density at radius 1 is 1.11 bits per heavy atom. The van der Waals surface area contributed by atoms with Crippen molar-refractivity contribution in [2.24, 2.45) is 5.73 Å². The Balaban J connectivity index is 1.49. The lowest BCUT2D eigenvalue weighted by Gasteiger charge is -2.27. The van der Waals surface area contributed by atoms with Crippen molar-refractivity contribution in [2.45, 2.75) is 102 Å². The molecule has 0 spiro atoms. The normalized spacial score (nSPS) is 28.8. The van der Waals surface area contributed by atoms with Crippen LogP contribution < -0.4 is 16.4 Å². The van der Waals surface area contributed by atoms with Gasteiger partial charge in [0.1, 0.15) is 12.2 Å². The molecule has 13 heteroatoms. The number of fused-ring (bicyclic) bond motifs is 1. The summed E-state index contributed by atoms with van der Waals surface area (Å²) in [7, 11) is 0. The van der Waals surface area contributed by atoms with Crippen molar-refractivity contribution in [3.63, 3.8) is 0 Å². The van der Waals surface area contributed by atoms with E-state index in [1.54, 1.807) is 17.8 Å². The molecule has 4 atom stereocenters. The van der Waals surface area contributed by atoms with E-state index >= 15 is 0 Å². The summed E-state index contributed by atoms with van der Waals surface area (Å²) in [6, 6.07) is 0.678. The van der Waals surface area contributed by atoms with Gasteiger partial charge in [-0.05, 0) is 45.4 Å². The van der Waals surface area contributed by atoms with Gasteiger partial charge in [0.05, 0.1) is 6.33 Å². The van der Waals surface area contributed by atoms with Crippen LogP contribution in [-0.2, 0) is 4.74 Å². The van der Waals surface area contributed by atoms with Gasteiger partial charge in [-0.3, -0.25) is 4.57 Å². The molecule has 0 radical (unpaired) electrons. The van der Waals surface area contributed by atoms with Crippen molar-refractivity contribution in [1.82, 2.24) is 29.7 Å². The minimum absolute atomic E-state index is 0.106. The summed E-state index contributed by atoms with van der Waals surface area (Å²) < 4.78 is 12.8. The van der Waals surface area contributed by atoms with E-state index in [4.69, 9.17) is 25.0 Å². The average Bonchev–Trinajstić information content (AvgIpc) is 3.57. The zero-order chi connectivity index (χ0) is 25.4. The topological polar surface area (TPSA) is 182 Å². The van der Waals surface area contributed by atoms with Crippen molar-refractivity contribution < 1.29 is 19.5 Å². The smallest absolute Gasteiger partial charge is 0.258 e. The number of nitrogens with two attached hydrogens (primary N) is 1. The van der Waals surface area contributed by atoms with E-state index in [1.165, 1.54) is 0 Å². The van der Waals surface area contributed by atoms with Crippen LogP contribution >= 0.6 is 0 Å². The highest BCUT2D eigenvalue weighted by molar-refractivity contribution is 5.84. The molecule has 36 heavy (non-hydrogen) atoms. The van der Waals surface area contributed by atoms with Gasteiger partial charge in [-0.2, -0.15) is 15.0 Å². The predicted molar refractivity (Wildman–Crippen MR) is 131 cm³/mol. The first-order valence-corrected chi connectivity index (χ1v) is 12.7. The van der Waals surface area contributed by atoms with Gasteiger partial charge in [-0.25, -0.2) is 4.98 Å². The van der Waals surface area contributed by atoms with Crippen molar-refractivity contribution >= 4 is 22.9 Å². The molecule has 4 heterocycles. The van der Waals surface area contributed by atoms with Crippen LogP contribution in [0.25, 0.3) is 11.2 Å². The first-order chi connectivity index (χ1) is 17.4. The molecule has 0 aromatic carbocycles. The molecule has 3 aromatic rings. The lowest BCUT2D eigenvalue weighted by atomic mass is 9.92. The van der Waals surface area contributed by atoms with Gasteiger partial charge in [0.15, 0.2) is 35.1 Å². The average molecular weight is 502 g/mol. The molecule has 3 aromatic heterocycles. The summed E-state index contributed by atoms with van der Waals surface area (Å²) in [5.74, 6) is 1.60. The number of aryl methyl sites for hydroxylation is 1.